The van der Waals surface area contributed by atoms with Gasteiger partial charge in [0.1, 0.15) is 5.75 Å². The Balaban J connectivity index is 2.04. The second kappa shape index (κ2) is 8.79. The summed E-state index contributed by atoms with van der Waals surface area (Å²) in [6.45, 7) is 3.85. The third-order valence-corrected chi connectivity index (χ3v) is 4.86. The van der Waals surface area contributed by atoms with E-state index in [0.717, 1.165) is 0 Å². The summed E-state index contributed by atoms with van der Waals surface area (Å²) in [5.74, 6) is 0.361. The Labute approximate surface area is 153 Å². The maximum absolute atomic E-state index is 12.3. The Bertz CT molecular complexity index is 831. The molecule has 0 aliphatic carbocycles. The third kappa shape index (κ3) is 5.55. The fourth-order valence-electron chi connectivity index (χ4n) is 2.10. The van der Waals surface area contributed by atoms with E-state index in [-0.39, 0.29) is 17.3 Å². The molecule has 8 heteroatoms. The minimum absolute atomic E-state index is 0.0239. The van der Waals surface area contributed by atoms with Gasteiger partial charge in [-0.2, -0.15) is 0 Å². The average molecular weight is 378 g/mol. The van der Waals surface area contributed by atoms with Gasteiger partial charge in [0.05, 0.1) is 17.6 Å². The monoisotopic (exact) mass is 378 g/mol. The smallest absolute Gasteiger partial charge is 0.255 e. The number of anilines is 1. The Hall–Kier alpha value is -2.42. The van der Waals surface area contributed by atoms with E-state index in [0.29, 0.717) is 23.6 Å². The van der Waals surface area contributed by atoms with Crippen molar-refractivity contribution in [1.29, 1.82) is 0 Å². The van der Waals surface area contributed by atoms with Crippen molar-refractivity contribution in [3.63, 3.8) is 0 Å². The molecule has 2 aromatic carbocycles. The minimum Gasteiger partial charge on any atom is -0.494 e. The van der Waals surface area contributed by atoms with E-state index in [4.69, 9.17) is 4.74 Å². The Morgan fingerprint density at radius 2 is 1.73 bits per heavy atom. The average Bonchev–Trinajstić information content (AvgIpc) is 2.62. The van der Waals surface area contributed by atoms with Gasteiger partial charge in [0.25, 0.3) is 5.91 Å². The normalized spacial score (nSPS) is 12.4. The van der Waals surface area contributed by atoms with Crippen LogP contribution in [0.25, 0.3) is 0 Å². The second-order valence-corrected chi connectivity index (χ2v) is 7.40. The number of carbonyl (C=O) groups is 1. The number of aliphatic hydroxyl groups is 1. The molecule has 0 radical (unpaired) electrons. The fourth-order valence-corrected chi connectivity index (χ4v) is 3.23. The first-order valence-electron chi connectivity index (χ1n) is 8.14. The lowest BCUT2D eigenvalue weighted by molar-refractivity contribution is 0.102. The van der Waals surface area contributed by atoms with Crippen LogP contribution in [0.15, 0.2) is 53.4 Å². The van der Waals surface area contributed by atoms with Crippen LogP contribution in [-0.4, -0.2) is 38.7 Å². The lowest BCUT2D eigenvalue weighted by atomic mass is 10.2. The highest BCUT2D eigenvalue weighted by Gasteiger charge is 2.15. The van der Waals surface area contributed by atoms with Crippen LogP contribution in [-0.2, 0) is 10.0 Å². The number of aliphatic hydroxyl groups excluding tert-OH is 1. The lowest BCUT2D eigenvalue weighted by Crippen LogP contribution is -2.30. The van der Waals surface area contributed by atoms with Gasteiger partial charge in [-0.1, -0.05) is 0 Å². The van der Waals surface area contributed by atoms with Crippen molar-refractivity contribution in [1.82, 2.24) is 4.72 Å². The molecule has 0 heterocycles. The molecule has 3 N–H and O–H groups in total. The molecular weight excluding hydrogens is 356 g/mol. The van der Waals surface area contributed by atoms with Crippen molar-refractivity contribution in [3.8, 4) is 5.75 Å². The number of rotatable bonds is 8. The van der Waals surface area contributed by atoms with Crippen molar-refractivity contribution in [3.05, 3.63) is 54.1 Å². The van der Waals surface area contributed by atoms with Gasteiger partial charge < -0.3 is 15.2 Å². The van der Waals surface area contributed by atoms with Gasteiger partial charge in [0.15, 0.2) is 0 Å². The summed E-state index contributed by atoms with van der Waals surface area (Å²) in [7, 11) is -3.72. The molecule has 0 saturated carbocycles. The van der Waals surface area contributed by atoms with Crippen molar-refractivity contribution >= 4 is 21.6 Å². The number of hydrogen-bond donors (Lipinski definition) is 3. The van der Waals surface area contributed by atoms with Crippen LogP contribution >= 0.6 is 0 Å². The van der Waals surface area contributed by atoms with Crippen LogP contribution in [0, 0.1) is 0 Å². The molecule has 2 rings (SSSR count). The van der Waals surface area contributed by atoms with Gasteiger partial charge >= 0.3 is 0 Å². The number of nitrogens with one attached hydrogen (secondary N) is 2. The van der Waals surface area contributed by atoms with E-state index in [9.17, 15) is 18.3 Å². The van der Waals surface area contributed by atoms with Crippen LogP contribution < -0.4 is 14.8 Å². The third-order valence-electron chi connectivity index (χ3n) is 3.42. The molecule has 0 fully saturated rings. The van der Waals surface area contributed by atoms with E-state index in [1.807, 2.05) is 6.92 Å². The van der Waals surface area contributed by atoms with E-state index in [1.165, 1.54) is 31.2 Å². The van der Waals surface area contributed by atoms with E-state index >= 15 is 0 Å². The summed E-state index contributed by atoms with van der Waals surface area (Å²) in [6, 6.07) is 12.5. The molecule has 0 saturated heterocycles. The SMILES string of the molecule is CCOc1ccc(NC(=O)c2ccc(S(=O)(=O)NCC(C)O)cc2)cc1. The highest BCUT2D eigenvalue weighted by Crippen LogP contribution is 2.17. The Morgan fingerprint density at radius 1 is 1.12 bits per heavy atom. The largest absolute Gasteiger partial charge is 0.494 e. The molecule has 140 valence electrons. The predicted molar refractivity (Wildman–Crippen MR) is 98.9 cm³/mol. The number of ether oxygens (including phenoxy) is 1. The number of hydrogen-bond acceptors (Lipinski definition) is 5. The van der Waals surface area contributed by atoms with Gasteiger partial charge in [-0.05, 0) is 62.4 Å². The molecule has 1 unspecified atom stereocenters. The summed E-state index contributed by atoms with van der Waals surface area (Å²) in [6.07, 6.45) is -0.788. The van der Waals surface area contributed by atoms with Crippen molar-refractivity contribution in [2.75, 3.05) is 18.5 Å². The van der Waals surface area contributed by atoms with Crippen molar-refractivity contribution < 1.29 is 23.1 Å². The zero-order valence-corrected chi connectivity index (χ0v) is 15.4. The molecule has 7 nitrogen and oxygen atoms in total. The van der Waals surface area contributed by atoms with Crippen LogP contribution in [0.2, 0.25) is 0 Å². The van der Waals surface area contributed by atoms with Crippen LogP contribution in [0.4, 0.5) is 5.69 Å². The summed E-state index contributed by atoms with van der Waals surface area (Å²) >= 11 is 0. The molecule has 0 aromatic heterocycles. The maximum Gasteiger partial charge on any atom is 0.255 e. The number of amides is 1. The summed E-state index contributed by atoms with van der Waals surface area (Å²) in [5, 5.41) is 11.9. The van der Waals surface area contributed by atoms with Gasteiger partial charge in [-0.25, -0.2) is 13.1 Å². The number of carbonyl (C=O) groups excluding carboxylic acids is 1. The zero-order chi connectivity index (χ0) is 19.2. The van der Waals surface area contributed by atoms with Gasteiger partial charge in [0, 0.05) is 17.8 Å². The van der Waals surface area contributed by atoms with Crippen molar-refractivity contribution in [2.24, 2.45) is 0 Å². The second-order valence-electron chi connectivity index (χ2n) is 5.64. The number of benzene rings is 2. The number of sulfonamides is 1. The molecule has 1 amide bonds. The zero-order valence-electron chi connectivity index (χ0n) is 14.6. The predicted octanol–water partition coefficient (Wildman–Crippen LogP) is 2.00. The highest BCUT2D eigenvalue weighted by molar-refractivity contribution is 7.89. The molecule has 26 heavy (non-hydrogen) atoms. The van der Waals surface area contributed by atoms with Crippen LogP contribution in [0.1, 0.15) is 24.2 Å². The minimum atomic E-state index is -3.72. The molecule has 0 aliphatic heterocycles. The van der Waals surface area contributed by atoms with Gasteiger partial charge in [0.2, 0.25) is 10.0 Å². The van der Waals surface area contributed by atoms with Crippen LogP contribution in [0.3, 0.4) is 0 Å². The Morgan fingerprint density at radius 3 is 2.27 bits per heavy atom. The standard InChI is InChI=1S/C18H22N2O5S/c1-3-25-16-8-6-15(7-9-16)20-18(22)14-4-10-17(11-5-14)26(23,24)19-12-13(2)21/h4-11,13,19,21H,3,12H2,1-2H3,(H,20,22). The van der Waals surface area contributed by atoms with E-state index in [2.05, 4.69) is 10.0 Å². The van der Waals surface area contributed by atoms with E-state index < -0.39 is 16.1 Å². The van der Waals surface area contributed by atoms with Gasteiger partial charge in [-0.15, -0.1) is 0 Å². The van der Waals surface area contributed by atoms with Gasteiger partial charge in [-0.3, -0.25) is 4.79 Å². The van der Waals surface area contributed by atoms with E-state index in [1.54, 1.807) is 24.3 Å². The quantitative estimate of drug-likeness (QED) is 0.652. The fraction of sp³-hybridized carbons (Fsp3) is 0.278. The van der Waals surface area contributed by atoms with Crippen molar-refractivity contribution in [2.45, 2.75) is 24.8 Å². The molecule has 0 aliphatic rings. The molecule has 0 bridgehead atoms. The highest BCUT2D eigenvalue weighted by atomic mass is 32.2. The molecule has 1 atom stereocenters. The molecule has 0 spiro atoms. The summed E-state index contributed by atoms with van der Waals surface area (Å²) in [5.41, 5.74) is 0.933. The first-order valence-corrected chi connectivity index (χ1v) is 9.62. The summed E-state index contributed by atoms with van der Waals surface area (Å²) < 4.78 is 31.7. The summed E-state index contributed by atoms with van der Waals surface area (Å²) in [4.78, 5) is 12.3. The first kappa shape index (κ1) is 19.9. The molecule has 2 aromatic rings. The molecular formula is C18H22N2O5S. The van der Waals surface area contributed by atoms with Crippen LogP contribution in [0.5, 0.6) is 5.75 Å². The topological polar surface area (TPSA) is 105 Å². The maximum atomic E-state index is 12.3. The Kier molecular flexibility index (Phi) is 6.73. The first-order chi connectivity index (χ1) is 12.3. The lowest BCUT2D eigenvalue weighted by Gasteiger charge is -2.10.